The van der Waals surface area contributed by atoms with Crippen molar-refractivity contribution in [3.05, 3.63) is 92.7 Å². The molecule has 0 radical (unpaired) electrons. The van der Waals surface area contributed by atoms with Crippen molar-refractivity contribution in [2.45, 2.75) is 121 Å². The largest absolute Gasteiger partial charge is 1.00 e. The van der Waals surface area contributed by atoms with E-state index < -0.39 is 26.0 Å². The van der Waals surface area contributed by atoms with Crippen LogP contribution in [0.5, 0.6) is 11.5 Å². The number of rotatable bonds is 13. The number of halogens is 1. The van der Waals surface area contributed by atoms with E-state index in [-0.39, 0.29) is 59.0 Å². The third kappa shape index (κ3) is 9.28. The molecule has 3 aliphatic carbocycles. The third-order valence-electron chi connectivity index (χ3n) is 13.6. The van der Waals surface area contributed by atoms with Gasteiger partial charge in [0.2, 0.25) is 5.69 Å². The second-order valence-electron chi connectivity index (χ2n) is 17.1. The van der Waals surface area contributed by atoms with Crippen molar-refractivity contribution >= 4 is 48.9 Å². The molecule has 2 aromatic rings. The first-order valence-corrected chi connectivity index (χ1v) is 24.9. The van der Waals surface area contributed by atoms with E-state index in [1.807, 2.05) is 12.1 Å². The Morgan fingerprint density at radius 2 is 1.42 bits per heavy atom. The molecule has 2 saturated carbocycles. The van der Waals surface area contributed by atoms with Gasteiger partial charge >= 0.3 is 29.6 Å². The minimum Gasteiger partial charge on any atom is -0.748 e. The van der Waals surface area contributed by atoms with Crippen molar-refractivity contribution in [2.24, 2.45) is 0 Å². The molecule has 60 heavy (non-hydrogen) atoms. The van der Waals surface area contributed by atoms with Gasteiger partial charge in [-0.1, -0.05) is 62.3 Å². The second kappa shape index (κ2) is 19.1. The Balaban J connectivity index is 0.00000604. The summed E-state index contributed by atoms with van der Waals surface area (Å²) in [6.07, 6.45) is 22.3. The van der Waals surface area contributed by atoms with Crippen molar-refractivity contribution < 1.29 is 69.5 Å². The van der Waals surface area contributed by atoms with Gasteiger partial charge in [0.1, 0.15) is 18.0 Å². The third-order valence-corrected chi connectivity index (χ3v) is 15.7. The van der Waals surface area contributed by atoms with E-state index in [0.29, 0.717) is 13.1 Å². The normalized spacial score (nSPS) is 21.4. The topological polar surface area (TPSA) is 136 Å². The van der Waals surface area contributed by atoms with E-state index >= 15 is 0 Å². The molecule has 7 rings (SSSR count). The molecule has 2 spiro atoms. The van der Waals surface area contributed by atoms with Crippen molar-refractivity contribution in [1.82, 2.24) is 0 Å². The molecule has 0 unspecified atom stereocenters. The van der Waals surface area contributed by atoms with Crippen molar-refractivity contribution in [1.29, 1.82) is 0 Å². The van der Waals surface area contributed by atoms with Gasteiger partial charge < -0.3 is 18.9 Å². The quantitative estimate of drug-likeness (QED) is 0.134. The maximum atomic E-state index is 11.8. The Labute approximate surface area is 384 Å². The number of hydrogen-bond donors (Lipinski definition) is 1. The summed E-state index contributed by atoms with van der Waals surface area (Å²) in [6.45, 7) is 5.08. The number of hydrogen-bond acceptors (Lipinski definition) is 8. The Morgan fingerprint density at radius 3 is 2.03 bits per heavy atom. The number of anilines is 1. The number of methoxy groups -OCH3 is 2. The molecule has 5 aliphatic rings. The fraction of sp³-hybridized carbons (Fsp3) is 0.543. The summed E-state index contributed by atoms with van der Waals surface area (Å²) in [5, 5.41) is 0.726. The molecule has 2 heterocycles. The molecular weight excluding hydrogens is 831 g/mol. The molecule has 14 heteroatoms. The molecule has 2 aliphatic heterocycles. The molecule has 0 amide bonds. The first kappa shape index (κ1) is 47.1. The van der Waals surface area contributed by atoms with Crippen LogP contribution in [0.15, 0.2) is 70.4 Å². The van der Waals surface area contributed by atoms with Gasteiger partial charge in [-0.15, -0.1) is 0 Å². The van der Waals surface area contributed by atoms with Crippen LogP contribution in [0.25, 0.3) is 0 Å². The Morgan fingerprint density at radius 1 is 0.800 bits per heavy atom. The summed E-state index contributed by atoms with van der Waals surface area (Å²) in [4.78, 5) is 2.26. The zero-order valence-electron chi connectivity index (χ0n) is 35.9. The summed E-state index contributed by atoms with van der Waals surface area (Å²) in [5.74, 6) is 0.931. The SMILES string of the molecule is COc1ccc2c(c1C)C1(CCCCC1)C(/C=C/C1=C(Cl)C(=C/C=C3\N(CCCS(=O)(=O)O)c4ccc(OC)c(C)c4C34CCCCC4)/CCC1)=[N+]2CCCS(=O)(=O)[O-].[Na+]. The number of ether oxygens (including phenoxy) is 2. The Hall–Kier alpha value is -2.42. The Bertz CT molecular complexity index is 2360. The zero-order valence-corrected chi connectivity index (χ0v) is 40.3. The first-order chi connectivity index (χ1) is 28.1. The second-order valence-corrected chi connectivity index (χ2v) is 20.5. The van der Waals surface area contributed by atoms with Crippen LogP contribution in [-0.4, -0.2) is 75.0 Å². The number of fused-ring (bicyclic) bond motifs is 4. The zero-order chi connectivity index (χ0) is 42.2. The maximum absolute atomic E-state index is 11.8. The summed E-state index contributed by atoms with van der Waals surface area (Å²) in [6, 6.07) is 8.14. The molecule has 10 nitrogen and oxygen atoms in total. The van der Waals surface area contributed by atoms with Gasteiger partial charge in [-0.05, 0) is 112 Å². The summed E-state index contributed by atoms with van der Waals surface area (Å²) in [7, 11) is -5.09. The summed E-state index contributed by atoms with van der Waals surface area (Å²) < 4.78 is 82.2. The number of allylic oxidation sites excluding steroid dienone is 8. The van der Waals surface area contributed by atoms with Crippen LogP contribution in [0.2, 0.25) is 0 Å². The van der Waals surface area contributed by atoms with Crippen LogP contribution in [0.3, 0.4) is 0 Å². The van der Waals surface area contributed by atoms with Gasteiger partial charge in [0.25, 0.3) is 10.1 Å². The van der Waals surface area contributed by atoms with Gasteiger partial charge in [0.15, 0.2) is 5.71 Å². The molecule has 320 valence electrons. The van der Waals surface area contributed by atoms with E-state index in [9.17, 15) is 25.9 Å². The minimum absolute atomic E-state index is 0. The molecular formula is C46H59ClN2NaO8S2+. The van der Waals surface area contributed by atoms with Gasteiger partial charge in [0, 0.05) is 63.8 Å². The fourth-order valence-electron chi connectivity index (χ4n) is 11.2. The molecule has 1 N–H and O–H groups in total. The summed E-state index contributed by atoms with van der Waals surface area (Å²) in [5.41, 5.74) is 10.6. The predicted molar refractivity (Wildman–Crippen MR) is 234 cm³/mol. The molecule has 0 bridgehead atoms. The standard InChI is InChI=1S/C46H59ClN2O8S2.Na/c1-32-38(56-3)20-18-36-42(32)45(24-7-5-8-25-45)40(48(36)28-12-30-58(50,51)52)22-16-34-14-11-15-35(44(34)47)17-23-41-46(26-9-6-10-27-46)43-33(2)39(57-4)21-19-37(43)49(41)29-13-31-59(53,54)55;/h16-23H,5-15,24-31H2,1-4H3,(H-,50,51,52,53,54,55);/q;+1. The smallest absolute Gasteiger partial charge is 0.748 e. The first-order valence-electron chi connectivity index (χ1n) is 21.3. The van der Waals surface area contributed by atoms with Crippen LogP contribution in [0.4, 0.5) is 11.4 Å². The van der Waals surface area contributed by atoms with Crippen molar-refractivity contribution in [3.8, 4) is 11.5 Å². The van der Waals surface area contributed by atoms with Crippen LogP contribution in [0.1, 0.15) is 119 Å². The number of benzene rings is 2. The predicted octanol–water partition coefficient (Wildman–Crippen LogP) is 6.60. The van der Waals surface area contributed by atoms with Gasteiger partial charge in [-0.2, -0.15) is 13.0 Å². The minimum atomic E-state index is -4.36. The average Bonchev–Trinajstić information content (AvgIpc) is 3.59. The van der Waals surface area contributed by atoms with E-state index in [2.05, 4.69) is 59.8 Å². The van der Waals surface area contributed by atoms with E-state index in [0.717, 1.165) is 145 Å². The summed E-state index contributed by atoms with van der Waals surface area (Å²) >= 11 is 7.39. The van der Waals surface area contributed by atoms with E-state index in [1.54, 1.807) is 14.2 Å². The van der Waals surface area contributed by atoms with Crippen LogP contribution >= 0.6 is 11.6 Å². The van der Waals surface area contributed by atoms with Crippen molar-refractivity contribution in [2.75, 3.05) is 43.7 Å². The molecule has 0 aromatic heterocycles. The van der Waals surface area contributed by atoms with Gasteiger partial charge in [-0.25, -0.2) is 8.42 Å². The van der Waals surface area contributed by atoms with Crippen LogP contribution < -0.4 is 43.9 Å². The van der Waals surface area contributed by atoms with Crippen LogP contribution in [0, 0.1) is 13.8 Å². The molecule has 2 aromatic carbocycles. The fourth-order valence-corrected chi connectivity index (χ4v) is 12.5. The average molecular weight is 891 g/mol. The molecule has 2 fully saturated rings. The van der Waals surface area contributed by atoms with Gasteiger partial charge in [-0.3, -0.25) is 4.55 Å². The van der Waals surface area contributed by atoms with Crippen molar-refractivity contribution in [3.63, 3.8) is 0 Å². The number of nitrogens with zero attached hydrogens (tertiary/aromatic N) is 2. The van der Waals surface area contributed by atoms with Gasteiger partial charge in [0.05, 0.1) is 35.5 Å². The Kier molecular flexibility index (Phi) is 15.0. The van der Waals surface area contributed by atoms with E-state index in [1.165, 1.54) is 11.1 Å². The maximum Gasteiger partial charge on any atom is 1.00 e. The molecule has 0 atom stereocenters. The molecule has 0 saturated heterocycles. The monoisotopic (exact) mass is 889 g/mol. The van der Waals surface area contributed by atoms with Crippen LogP contribution in [-0.2, 0) is 31.1 Å². The van der Waals surface area contributed by atoms with E-state index in [4.69, 9.17) is 21.1 Å².